The summed E-state index contributed by atoms with van der Waals surface area (Å²) in [5.41, 5.74) is 3.13. The molecule has 0 aromatic heterocycles. The summed E-state index contributed by atoms with van der Waals surface area (Å²) in [6.45, 7) is 6.68. The second-order valence-electron chi connectivity index (χ2n) is 6.60. The maximum absolute atomic E-state index is 12.9. The Morgan fingerprint density at radius 2 is 1.81 bits per heavy atom. The monoisotopic (exact) mass is 428 g/mol. The quantitative estimate of drug-likeness (QED) is 0.605. The molecule has 0 fully saturated rings. The van der Waals surface area contributed by atoms with Gasteiger partial charge in [-0.05, 0) is 56.0 Å². The van der Waals surface area contributed by atoms with Gasteiger partial charge < -0.3 is 9.64 Å². The molecule has 27 heavy (non-hydrogen) atoms. The summed E-state index contributed by atoms with van der Waals surface area (Å²) in [4.78, 5) is 14.7. The Hall–Kier alpha value is -2.32. The first-order chi connectivity index (χ1) is 12.9. The van der Waals surface area contributed by atoms with Gasteiger partial charge in [0, 0.05) is 17.6 Å². The van der Waals surface area contributed by atoms with E-state index in [4.69, 9.17) is 10.00 Å². The summed E-state index contributed by atoms with van der Waals surface area (Å²) < 4.78 is 7.00. The topological polar surface area (TPSA) is 53.3 Å². The fourth-order valence-electron chi connectivity index (χ4n) is 2.99. The molecule has 4 nitrogen and oxygen atoms in total. The average Bonchev–Trinajstić information content (AvgIpc) is 2.65. The number of hydrogen-bond acceptors (Lipinski definition) is 3. The van der Waals surface area contributed by atoms with Crippen molar-refractivity contribution in [1.82, 2.24) is 4.90 Å². The van der Waals surface area contributed by atoms with Crippen molar-refractivity contribution in [2.45, 2.75) is 39.7 Å². The number of halogens is 1. The van der Waals surface area contributed by atoms with Crippen molar-refractivity contribution in [2.75, 3.05) is 13.1 Å². The van der Waals surface area contributed by atoms with E-state index in [-0.39, 0.29) is 5.91 Å². The highest BCUT2D eigenvalue weighted by Gasteiger charge is 2.23. The van der Waals surface area contributed by atoms with Crippen LogP contribution in [0.1, 0.15) is 30.0 Å². The number of rotatable bonds is 8. The van der Waals surface area contributed by atoms with Gasteiger partial charge in [-0.25, -0.2) is 0 Å². The molecule has 0 bridgehead atoms. The number of aryl methyl sites for hydroxylation is 2. The van der Waals surface area contributed by atoms with Crippen molar-refractivity contribution in [3.05, 3.63) is 63.6 Å². The predicted molar refractivity (Wildman–Crippen MR) is 111 cm³/mol. The third-order valence-corrected chi connectivity index (χ3v) is 4.84. The molecule has 0 aliphatic heterocycles. The van der Waals surface area contributed by atoms with Gasteiger partial charge in [0.1, 0.15) is 5.75 Å². The van der Waals surface area contributed by atoms with Gasteiger partial charge in [-0.3, -0.25) is 4.79 Å². The van der Waals surface area contributed by atoms with Crippen LogP contribution < -0.4 is 4.74 Å². The molecule has 1 amide bonds. The van der Waals surface area contributed by atoms with E-state index in [2.05, 4.69) is 22.0 Å². The van der Waals surface area contributed by atoms with Crippen LogP contribution in [-0.2, 0) is 11.2 Å². The van der Waals surface area contributed by atoms with Gasteiger partial charge in [0.2, 0.25) is 0 Å². The summed E-state index contributed by atoms with van der Waals surface area (Å²) in [6.07, 6.45) is 0.447. The highest BCUT2D eigenvalue weighted by Crippen LogP contribution is 2.28. The zero-order valence-electron chi connectivity index (χ0n) is 16.0. The summed E-state index contributed by atoms with van der Waals surface area (Å²) in [5.74, 6) is 0.644. The van der Waals surface area contributed by atoms with Crippen LogP contribution in [0.5, 0.6) is 5.75 Å². The van der Waals surface area contributed by atoms with Crippen LogP contribution in [0.2, 0.25) is 0 Å². The molecule has 0 aliphatic carbocycles. The number of hydrogen-bond donors (Lipinski definition) is 0. The SMILES string of the molecule is Cc1cc(Br)cc(C)c1OC(C)C(=O)N(CCC#N)CCc1ccccc1. The van der Waals surface area contributed by atoms with Crippen molar-refractivity contribution < 1.29 is 9.53 Å². The molecule has 1 atom stereocenters. The molecule has 0 saturated heterocycles. The first kappa shape index (κ1) is 21.0. The molecule has 0 radical (unpaired) electrons. The first-order valence-corrected chi connectivity index (χ1v) is 9.84. The van der Waals surface area contributed by atoms with Gasteiger partial charge in [-0.2, -0.15) is 5.26 Å². The lowest BCUT2D eigenvalue weighted by Gasteiger charge is -2.26. The molecule has 2 rings (SSSR count). The lowest BCUT2D eigenvalue weighted by atomic mass is 10.1. The maximum atomic E-state index is 12.9. The Labute approximate surface area is 169 Å². The normalized spacial score (nSPS) is 11.5. The minimum Gasteiger partial charge on any atom is -0.480 e. The number of amides is 1. The van der Waals surface area contributed by atoms with Crippen LogP contribution in [0.15, 0.2) is 46.9 Å². The fraction of sp³-hybridized carbons (Fsp3) is 0.364. The summed E-state index contributed by atoms with van der Waals surface area (Å²) in [6, 6.07) is 16.1. The molecule has 5 heteroatoms. The molecule has 2 aromatic rings. The second kappa shape index (κ2) is 10.1. The predicted octanol–water partition coefficient (Wildman–Crippen LogP) is 4.82. The van der Waals surface area contributed by atoms with Gasteiger partial charge in [0.25, 0.3) is 5.91 Å². The zero-order chi connectivity index (χ0) is 19.8. The Morgan fingerprint density at radius 1 is 1.19 bits per heavy atom. The molecular weight excluding hydrogens is 404 g/mol. The molecule has 2 aromatic carbocycles. The lowest BCUT2D eigenvalue weighted by Crippen LogP contribution is -2.42. The molecule has 0 N–H and O–H groups in total. The third kappa shape index (κ3) is 6.11. The van der Waals surface area contributed by atoms with Crippen LogP contribution in [0.3, 0.4) is 0 Å². The van der Waals surface area contributed by atoms with Crippen LogP contribution in [0, 0.1) is 25.2 Å². The van der Waals surface area contributed by atoms with Crippen molar-refractivity contribution in [1.29, 1.82) is 5.26 Å². The average molecular weight is 429 g/mol. The highest BCUT2D eigenvalue weighted by molar-refractivity contribution is 9.10. The van der Waals surface area contributed by atoms with E-state index in [1.807, 2.05) is 56.3 Å². The van der Waals surface area contributed by atoms with Crippen LogP contribution in [-0.4, -0.2) is 30.0 Å². The van der Waals surface area contributed by atoms with Crippen LogP contribution >= 0.6 is 15.9 Å². The maximum Gasteiger partial charge on any atom is 0.263 e. The summed E-state index contributed by atoms with van der Waals surface area (Å²) in [7, 11) is 0. The molecule has 142 valence electrons. The Morgan fingerprint density at radius 3 is 2.41 bits per heavy atom. The largest absolute Gasteiger partial charge is 0.480 e. The Kier molecular flexibility index (Phi) is 7.87. The van der Waals surface area contributed by atoms with E-state index in [1.165, 1.54) is 5.56 Å². The number of carbonyl (C=O) groups excluding carboxylic acids is 1. The third-order valence-electron chi connectivity index (χ3n) is 4.39. The molecule has 1 unspecified atom stereocenters. The van der Waals surface area contributed by atoms with E-state index < -0.39 is 6.10 Å². The minimum atomic E-state index is -0.613. The van der Waals surface area contributed by atoms with Crippen molar-refractivity contribution in [3.8, 4) is 11.8 Å². The minimum absolute atomic E-state index is 0.0945. The van der Waals surface area contributed by atoms with Crippen molar-refractivity contribution >= 4 is 21.8 Å². The van der Waals surface area contributed by atoms with Gasteiger partial charge in [-0.1, -0.05) is 46.3 Å². The number of benzene rings is 2. The summed E-state index contributed by atoms with van der Waals surface area (Å²) >= 11 is 3.48. The second-order valence-corrected chi connectivity index (χ2v) is 7.51. The number of ether oxygens (including phenoxy) is 1. The lowest BCUT2D eigenvalue weighted by molar-refractivity contribution is -0.137. The first-order valence-electron chi connectivity index (χ1n) is 9.05. The van der Waals surface area contributed by atoms with Crippen LogP contribution in [0.4, 0.5) is 0 Å². The Balaban J connectivity index is 2.08. The zero-order valence-corrected chi connectivity index (χ0v) is 17.6. The standard InChI is InChI=1S/C22H25BrN2O2/c1-16-14-20(23)15-17(2)21(16)27-18(3)22(26)25(12-7-11-24)13-10-19-8-5-4-6-9-19/h4-6,8-9,14-15,18H,7,10,12-13H2,1-3H3. The van der Waals surface area contributed by atoms with Gasteiger partial charge in [-0.15, -0.1) is 0 Å². The van der Waals surface area contributed by atoms with Crippen molar-refractivity contribution in [3.63, 3.8) is 0 Å². The van der Waals surface area contributed by atoms with Crippen LogP contribution in [0.25, 0.3) is 0 Å². The molecule has 0 saturated carbocycles. The molecule has 0 heterocycles. The number of carbonyl (C=O) groups is 1. The van der Waals surface area contributed by atoms with E-state index >= 15 is 0 Å². The smallest absolute Gasteiger partial charge is 0.263 e. The Bertz CT molecular complexity index is 792. The van der Waals surface area contributed by atoms with Gasteiger partial charge in [0.05, 0.1) is 12.5 Å². The van der Waals surface area contributed by atoms with E-state index in [1.54, 1.807) is 11.8 Å². The number of nitrogens with zero attached hydrogens (tertiary/aromatic N) is 2. The fourth-order valence-corrected chi connectivity index (χ4v) is 3.68. The highest BCUT2D eigenvalue weighted by atomic mass is 79.9. The van der Waals surface area contributed by atoms with E-state index in [9.17, 15) is 4.79 Å². The summed E-state index contributed by atoms with van der Waals surface area (Å²) in [5, 5.41) is 8.93. The van der Waals surface area contributed by atoms with Crippen molar-refractivity contribution in [2.24, 2.45) is 0 Å². The molecule has 0 spiro atoms. The van der Waals surface area contributed by atoms with Gasteiger partial charge >= 0.3 is 0 Å². The molecular formula is C22H25BrN2O2. The molecule has 0 aliphatic rings. The van der Waals surface area contributed by atoms with E-state index in [0.717, 1.165) is 27.8 Å². The van der Waals surface area contributed by atoms with Gasteiger partial charge in [0.15, 0.2) is 6.10 Å². The van der Waals surface area contributed by atoms with E-state index in [0.29, 0.717) is 19.5 Å². The number of nitriles is 1.